The van der Waals surface area contributed by atoms with Crippen LogP contribution in [0.3, 0.4) is 0 Å². The van der Waals surface area contributed by atoms with Crippen LogP contribution in [0.5, 0.6) is 0 Å². The first-order valence-corrected chi connectivity index (χ1v) is 4.99. The maximum atomic E-state index is 12.9. The van der Waals surface area contributed by atoms with E-state index in [0.29, 0.717) is 13.2 Å². The van der Waals surface area contributed by atoms with Gasteiger partial charge in [-0.15, -0.1) is 0 Å². The molecule has 0 aliphatic rings. The summed E-state index contributed by atoms with van der Waals surface area (Å²) in [5, 5.41) is 3.20. The Morgan fingerprint density at radius 2 is 2.27 bits per heavy atom. The normalized spacial score (nSPS) is 10.3. The van der Waals surface area contributed by atoms with E-state index in [-0.39, 0.29) is 5.82 Å². The van der Waals surface area contributed by atoms with Gasteiger partial charge in [-0.1, -0.05) is 0 Å². The molecule has 0 bridgehead atoms. The molecule has 1 aromatic carbocycles. The summed E-state index contributed by atoms with van der Waals surface area (Å²) >= 11 is 0. The minimum absolute atomic E-state index is 0.252. The highest BCUT2D eigenvalue weighted by Crippen LogP contribution is 2.16. The van der Waals surface area contributed by atoms with Crippen molar-refractivity contribution in [2.24, 2.45) is 5.73 Å². The zero-order chi connectivity index (χ0) is 11.1. The van der Waals surface area contributed by atoms with Gasteiger partial charge in [0.25, 0.3) is 0 Å². The molecule has 15 heavy (non-hydrogen) atoms. The number of rotatable bonds is 6. The molecule has 0 aliphatic carbocycles. The van der Waals surface area contributed by atoms with E-state index in [1.165, 1.54) is 12.1 Å². The highest BCUT2D eigenvalue weighted by Gasteiger charge is 2.01. The van der Waals surface area contributed by atoms with Crippen LogP contribution >= 0.6 is 0 Å². The number of benzene rings is 1. The van der Waals surface area contributed by atoms with Gasteiger partial charge in [0.15, 0.2) is 0 Å². The fraction of sp³-hybridized carbons (Fsp3) is 0.455. The van der Waals surface area contributed by atoms with Gasteiger partial charge in [-0.25, -0.2) is 4.39 Å². The molecule has 0 heterocycles. The monoisotopic (exact) mass is 212 g/mol. The molecule has 4 heteroatoms. The number of methoxy groups -OCH3 is 1. The molecule has 1 rings (SSSR count). The number of hydrogen-bond donors (Lipinski definition) is 2. The minimum atomic E-state index is -0.252. The van der Waals surface area contributed by atoms with E-state index in [2.05, 4.69) is 5.32 Å². The minimum Gasteiger partial charge on any atom is -0.385 e. The second-order valence-corrected chi connectivity index (χ2v) is 3.28. The summed E-state index contributed by atoms with van der Waals surface area (Å²) in [6, 6.07) is 4.60. The van der Waals surface area contributed by atoms with Gasteiger partial charge in [0, 0.05) is 32.5 Å². The Hall–Kier alpha value is -1.13. The summed E-state index contributed by atoms with van der Waals surface area (Å²) in [7, 11) is 1.67. The first-order valence-electron chi connectivity index (χ1n) is 4.99. The van der Waals surface area contributed by atoms with Crippen LogP contribution in [0.15, 0.2) is 18.2 Å². The molecule has 0 radical (unpaired) electrons. The van der Waals surface area contributed by atoms with Crippen LogP contribution in [0.2, 0.25) is 0 Å². The van der Waals surface area contributed by atoms with E-state index in [4.69, 9.17) is 10.5 Å². The lowest BCUT2D eigenvalue weighted by Crippen LogP contribution is -2.08. The molecule has 0 fully saturated rings. The van der Waals surface area contributed by atoms with Crippen LogP contribution < -0.4 is 11.1 Å². The Balaban J connectivity index is 2.52. The molecule has 84 valence electrons. The number of nitrogens with two attached hydrogens (primary N) is 1. The molecule has 1 aromatic rings. The summed E-state index contributed by atoms with van der Waals surface area (Å²) < 4.78 is 17.8. The van der Waals surface area contributed by atoms with Crippen molar-refractivity contribution in [3.63, 3.8) is 0 Å². The predicted octanol–water partition coefficient (Wildman–Crippen LogP) is 1.73. The lowest BCUT2D eigenvalue weighted by Gasteiger charge is -2.10. The van der Waals surface area contributed by atoms with Crippen LogP contribution in [0.25, 0.3) is 0 Å². The van der Waals surface area contributed by atoms with Crippen molar-refractivity contribution in [2.75, 3.05) is 25.6 Å². The Bertz CT molecular complexity index is 305. The van der Waals surface area contributed by atoms with Crippen molar-refractivity contribution in [1.29, 1.82) is 0 Å². The van der Waals surface area contributed by atoms with E-state index in [1.54, 1.807) is 13.2 Å². The van der Waals surface area contributed by atoms with Gasteiger partial charge in [-0.3, -0.25) is 0 Å². The number of nitrogens with one attached hydrogen (secondary N) is 1. The zero-order valence-corrected chi connectivity index (χ0v) is 8.92. The molecule has 0 atom stereocenters. The lowest BCUT2D eigenvalue weighted by molar-refractivity contribution is 0.198. The van der Waals surface area contributed by atoms with Crippen molar-refractivity contribution in [2.45, 2.75) is 13.0 Å². The van der Waals surface area contributed by atoms with E-state index < -0.39 is 0 Å². The summed E-state index contributed by atoms with van der Waals surface area (Å²) in [5.41, 5.74) is 7.22. The highest BCUT2D eigenvalue weighted by atomic mass is 19.1. The molecule has 0 spiro atoms. The molecule has 3 nitrogen and oxygen atoms in total. The standard InChI is InChI=1S/C11H17FN2O/c1-15-6-2-5-14-11-4-3-10(12)7-9(11)8-13/h3-4,7,14H,2,5-6,8,13H2,1H3. The topological polar surface area (TPSA) is 47.3 Å². The van der Waals surface area contributed by atoms with Gasteiger partial charge in [0.05, 0.1) is 0 Å². The molecule has 0 saturated heterocycles. The summed E-state index contributed by atoms with van der Waals surface area (Å²) in [6.07, 6.45) is 0.915. The smallest absolute Gasteiger partial charge is 0.123 e. The number of anilines is 1. The molecule has 3 N–H and O–H groups in total. The summed E-state index contributed by atoms with van der Waals surface area (Å²) in [4.78, 5) is 0. The number of hydrogen-bond acceptors (Lipinski definition) is 3. The SMILES string of the molecule is COCCCNc1ccc(F)cc1CN. The molecule has 0 saturated carbocycles. The van der Waals surface area contributed by atoms with Gasteiger partial charge >= 0.3 is 0 Å². The number of halogens is 1. The van der Waals surface area contributed by atoms with Gasteiger partial charge in [-0.2, -0.15) is 0 Å². The average molecular weight is 212 g/mol. The first-order chi connectivity index (χ1) is 7.27. The quantitative estimate of drug-likeness (QED) is 0.706. The third-order valence-electron chi connectivity index (χ3n) is 2.13. The maximum absolute atomic E-state index is 12.9. The molecular weight excluding hydrogens is 195 g/mol. The molecule has 0 aromatic heterocycles. The highest BCUT2D eigenvalue weighted by molar-refractivity contribution is 5.51. The second kappa shape index (κ2) is 6.37. The third-order valence-corrected chi connectivity index (χ3v) is 2.13. The van der Waals surface area contributed by atoms with Crippen LogP contribution in [-0.4, -0.2) is 20.3 Å². The van der Waals surface area contributed by atoms with Crippen molar-refractivity contribution in [3.05, 3.63) is 29.6 Å². The third kappa shape index (κ3) is 3.85. The predicted molar refractivity (Wildman–Crippen MR) is 59.3 cm³/mol. The lowest BCUT2D eigenvalue weighted by atomic mass is 10.1. The maximum Gasteiger partial charge on any atom is 0.123 e. The second-order valence-electron chi connectivity index (χ2n) is 3.28. The van der Waals surface area contributed by atoms with Crippen molar-refractivity contribution >= 4 is 5.69 Å². The van der Waals surface area contributed by atoms with E-state index in [9.17, 15) is 4.39 Å². The Labute approximate surface area is 89.4 Å². The van der Waals surface area contributed by atoms with E-state index >= 15 is 0 Å². The molecule has 0 unspecified atom stereocenters. The largest absolute Gasteiger partial charge is 0.385 e. The van der Waals surface area contributed by atoms with Crippen molar-refractivity contribution < 1.29 is 9.13 Å². The molecular formula is C11H17FN2O. The summed E-state index contributed by atoms with van der Waals surface area (Å²) in [6.45, 7) is 1.85. The van der Waals surface area contributed by atoms with E-state index in [1.807, 2.05) is 0 Å². The fourth-order valence-corrected chi connectivity index (χ4v) is 1.34. The molecule has 0 amide bonds. The van der Waals surface area contributed by atoms with Gasteiger partial charge in [0.1, 0.15) is 5.82 Å². The van der Waals surface area contributed by atoms with Crippen molar-refractivity contribution in [3.8, 4) is 0 Å². The van der Waals surface area contributed by atoms with Crippen LogP contribution in [-0.2, 0) is 11.3 Å². The zero-order valence-electron chi connectivity index (χ0n) is 8.92. The Morgan fingerprint density at radius 3 is 2.93 bits per heavy atom. The van der Waals surface area contributed by atoms with E-state index in [0.717, 1.165) is 24.2 Å². The Morgan fingerprint density at radius 1 is 1.47 bits per heavy atom. The van der Waals surface area contributed by atoms with Crippen LogP contribution in [0.1, 0.15) is 12.0 Å². The van der Waals surface area contributed by atoms with Crippen LogP contribution in [0, 0.1) is 5.82 Å². The Kier molecular flexibility index (Phi) is 5.07. The van der Waals surface area contributed by atoms with Gasteiger partial charge < -0.3 is 15.8 Å². The number of ether oxygens (including phenoxy) is 1. The first kappa shape index (κ1) is 11.9. The fourth-order valence-electron chi connectivity index (χ4n) is 1.34. The summed E-state index contributed by atoms with van der Waals surface area (Å²) in [5.74, 6) is -0.252. The average Bonchev–Trinajstić information content (AvgIpc) is 2.26. The van der Waals surface area contributed by atoms with Crippen molar-refractivity contribution in [1.82, 2.24) is 0 Å². The van der Waals surface area contributed by atoms with Gasteiger partial charge in [0.2, 0.25) is 0 Å². The van der Waals surface area contributed by atoms with Crippen LogP contribution in [0.4, 0.5) is 10.1 Å². The molecule has 0 aliphatic heterocycles. The van der Waals surface area contributed by atoms with Gasteiger partial charge in [-0.05, 0) is 30.2 Å².